The van der Waals surface area contributed by atoms with Crippen molar-refractivity contribution in [2.75, 3.05) is 19.7 Å². The van der Waals surface area contributed by atoms with E-state index in [1.807, 2.05) is 6.92 Å². The van der Waals surface area contributed by atoms with Gasteiger partial charge in [-0.2, -0.15) is 0 Å². The molecule has 1 aliphatic carbocycles. The van der Waals surface area contributed by atoms with Crippen molar-refractivity contribution >= 4 is 0 Å². The highest BCUT2D eigenvalue weighted by molar-refractivity contribution is 5.36. The molecule has 1 saturated carbocycles. The first-order valence-corrected chi connectivity index (χ1v) is 7.32. The molecular formula is C16H26N2O. The van der Waals surface area contributed by atoms with E-state index in [-0.39, 0.29) is 0 Å². The van der Waals surface area contributed by atoms with Gasteiger partial charge in [0.15, 0.2) is 0 Å². The number of aryl methyl sites for hydroxylation is 1. The van der Waals surface area contributed by atoms with Gasteiger partial charge < -0.3 is 15.8 Å². The van der Waals surface area contributed by atoms with E-state index in [2.05, 4.69) is 30.4 Å². The van der Waals surface area contributed by atoms with Crippen LogP contribution in [0.3, 0.4) is 0 Å². The minimum atomic E-state index is 0.375. The van der Waals surface area contributed by atoms with Crippen LogP contribution >= 0.6 is 0 Å². The van der Waals surface area contributed by atoms with Crippen LogP contribution in [0, 0.1) is 12.3 Å². The van der Waals surface area contributed by atoms with Gasteiger partial charge in [0.2, 0.25) is 0 Å². The largest absolute Gasteiger partial charge is 0.494 e. The van der Waals surface area contributed by atoms with Crippen LogP contribution < -0.4 is 15.8 Å². The Morgan fingerprint density at radius 2 is 2.16 bits per heavy atom. The Labute approximate surface area is 116 Å². The summed E-state index contributed by atoms with van der Waals surface area (Å²) in [6.07, 6.45) is 3.89. The molecule has 2 rings (SSSR count). The molecular weight excluding hydrogens is 236 g/mol. The maximum atomic E-state index is 5.87. The second-order valence-electron chi connectivity index (χ2n) is 5.69. The van der Waals surface area contributed by atoms with Crippen LogP contribution in [0.5, 0.6) is 5.75 Å². The average molecular weight is 262 g/mol. The molecule has 1 aromatic rings. The molecule has 1 fully saturated rings. The van der Waals surface area contributed by atoms with Crippen molar-refractivity contribution < 1.29 is 4.74 Å². The molecule has 0 spiro atoms. The number of ether oxygens (including phenoxy) is 1. The van der Waals surface area contributed by atoms with Crippen LogP contribution in [0.1, 0.15) is 37.3 Å². The normalized spacial score (nSPS) is 17.0. The summed E-state index contributed by atoms with van der Waals surface area (Å²) < 4.78 is 5.56. The zero-order chi connectivity index (χ0) is 13.7. The molecule has 0 unspecified atom stereocenters. The van der Waals surface area contributed by atoms with Gasteiger partial charge in [0.05, 0.1) is 6.61 Å². The van der Waals surface area contributed by atoms with E-state index in [4.69, 9.17) is 10.5 Å². The molecule has 19 heavy (non-hydrogen) atoms. The van der Waals surface area contributed by atoms with Crippen molar-refractivity contribution in [2.24, 2.45) is 11.1 Å². The number of benzene rings is 1. The molecule has 3 heteroatoms. The summed E-state index contributed by atoms with van der Waals surface area (Å²) in [5.74, 6) is 0.990. The van der Waals surface area contributed by atoms with E-state index in [1.165, 1.54) is 30.4 Å². The number of nitrogens with one attached hydrogen (secondary N) is 1. The highest BCUT2D eigenvalue weighted by Gasteiger charge is 2.34. The first-order valence-electron chi connectivity index (χ1n) is 7.32. The van der Waals surface area contributed by atoms with Gasteiger partial charge in [-0.25, -0.2) is 0 Å². The van der Waals surface area contributed by atoms with Crippen molar-refractivity contribution in [3.05, 3.63) is 29.3 Å². The molecule has 0 saturated heterocycles. The summed E-state index contributed by atoms with van der Waals surface area (Å²) >= 11 is 0. The number of hydrogen-bond acceptors (Lipinski definition) is 3. The van der Waals surface area contributed by atoms with Crippen LogP contribution in [0.2, 0.25) is 0 Å². The third-order valence-corrected chi connectivity index (χ3v) is 4.22. The Bertz CT molecular complexity index is 408. The van der Waals surface area contributed by atoms with Crippen LogP contribution in [0.25, 0.3) is 0 Å². The Kier molecular flexibility index (Phi) is 4.83. The first kappa shape index (κ1) is 14.4. The zero-order valence-electron chi connectivity index (χ0n) is 12.2. The van der Waals surface area contributed by atoms with E-state index < -0.39 is 0 Å². The van der Waals surface area contributed by atoms with Gasteiger partial charge in [0.1, 0.15) is 5.75 Å². The van der Waals surface area contributed by atoms with Gasteiger partial charge in [-0.3, -0.25) is 0 Å². The number of rotatable bonds is 7. The second-order valence-corrected chi connectivity index (χ2v) is 5.69. The lowest BCUT2D eigenvalue weighted by Gasteiger charge is -2.41. The van der Waals surface area contributed by atoms with Crippen molar-refractivity contribution in [1.82, 2.24) is 5.32 Å². The molecule has 0 aromatic heterocycles. The van der Waals surface area contributed by atoms with Crippen molar-refractivity contribution in [3.63, 3.8) is 0 Å². The molecule has 106 valence electrons. The van der Waals surface area contributed by atoms with Crippen molar-refractivity contribution in [3.8, 4) is 5.75 Å². The lowest BCUT2D eigenvalue weighted by Crippen LogP contribution is -2.45. The van der Waals surface area contributed by atoms with E-state index in [1.54, 1.807) is 0 Å². The van der Waals surface area contributed by atoms with Crippen LogP contribution in [-0.4, -0.2) is 19.7 Å². The predicted molar refractivity (Wildman–Crippen MR) is 79.4 cm³/mol. The topological polar surface area (TPSA) is 47.3 Å². The Morgan fingerprint density at radius 1 is 1.37 bits per heavy atom. The summed E-state index contributed by atoms with van der Waals surface area (Å²) in [7, 11) is 0. The van der Waals surface area contributed by atoms with Crippen LogP contribution in [0.4, 0.5) is 0 Å². The SMILES string of the molecule is CCOc1ccc(CNCC2(CN)CCC2)cc1C. The molecule has 0 bridgehead atoms. The fourth-order valence-corrected chi connectivity index (χ4v) is 2.74. The fraction of sp³-hybridized carbons (Fsp3) is 0.625. The van der Waals surface area contributed by atoms with Gasteiger partial charge in [0.25, 0.3) is 0 Å². The van der Waals surface area contributed by atoms with Gasteiger partial charge in [-0.1, -0.05) is 18.6 Å². The Balaban J connectivity index is 1.84. The summed E-state index contributed by atoms with van der Waals surface area (Å²) in [6, 6.07) is 6.41. The monoisotopic (exact) mass is 262 g/mol. The van der Waals surface area contributed by atoms with Gasteiger partial charge in [-0.15, -0.1) is 0 Å². The first-order chi connectivity index (χ1) is 9.19. The molecule has 3 N–H and O–H groups in total. The average Bonchev–Trinajstić information content (AvgIpc) is 2.36. The molecule has 0 aliphatic heterocycles. The minimum Gasteiger partial charge on any atom is -0.494 e. The molecule has 3 nitrogen and oxygen atoms in total. The fourth-order valence-electron chi connectivity index (χ4n) is 2.74. The van der Waals surface area contributed by atoms with Crippen LogP contribution in [-0.2, 0) is 6.54 Å². The third kappa shape index (κ3) is 3.48. The highest BCUT2D eigenvalue weighted by atomic mass is 16.5. The van der Waals surface area contributed by atoms with E-state index >= 15 is 0 Å². The number of hydrogen-bond donors (Lipinski definition) is 2. The molecule has 1 aromatic carbocycles. The maximum absolute atomic E-state index is 5.87. The summed E-state index contributed by atoms with van der Waals surface area (Å²) in [5.41, 5.74) is 8.76. The zero-order valence-corrected chi connectivity index (χ0v) is 12.2. The van der Waals surface area contributed by atoms with Crippen LogP contribution in [0.15, 0.2) is 18.2 Å². The third-order valence-electron chi connectivity index (χ3n) is 4.22. The van der Waals surface area contributed by atoms with E-state index in [0.717, 1.165) is 32.0 Å². The van der Waals surface area contributed by atoms with Crippen molar-refractivity contribution in [2.45, 2.75) is 39.7 Å². The molecule has 0 radical (unpaired) electrons. The Hall–Kier alpha value is -1.06. The maximum Gasteiger partial charge on any atom is 0.122 e. The van der Waals surface area contributed by atoms with Gasteiger partial charge in [-0.05, 0) is 55.8 Å². The molecule has 0 heterocycles. The van der Waals surface area contributed by atoms with E-state index in [9.17, 15) is 0 Å². The molecule has 1 aliphatic rings. The standard InChI is InChI=1S/C16H26N2O/c1-3-19-15-6-5-14(9-13(15)2)10-18-12-16(11-17)7-4-8-16/h5-6,9,18H,3-4,7-8,10-12,17H2,1-2H3. The smallest absolute Gasteiger partial charge is 0.122 e. The second kappa shape index (κ2) is 6.40. The highest BCUT2D eigenvalue weighted by Crippen LogP contribution is 2.39. The van der Waals surface area contributed by atoms with Gasteiger partial charge >= 0.3 is 0 Å². The predicted octanol–water partition coefficient (Wildman–Crippen LogP) is 2.61. The Morgan fingerprint density at radius 3 is 2.68 bits per heavy atom. The lowest BCUT2D eigenvalue weighted by atomic mass is 9.69. The van der Waals surface area contributed by atoms with E-state index in [0.29, 0.717) is 5.41 Å². The summed E-state index contributed by atoms with van der Waals surface area (Å²) in [4.78, 5) is 0. The summed E-state index contributed by atoms with van der Waals surface area (Å²) in [5, 5.41) is 3.55. The lowest BCUT2D eigenvalue weighted by molar-refractivity contribution is 0.141. The van der Waals surface area contributed by atoms with Crippen molar-refractivity contribution in [1.29, 1.82) is 0 Å². The quantitative estimate of drug-likeness (QED) is 0.794. The summed E-state index contributed by atoms with van der Waals surface area (Å²) in [6.45, 7) is 7.59. The molecule has 0 atom stereocenters. The van der Waals surface area contributed by atoms with Gasteiger partial charge in [0, 0.05) is 13.1 Å². The molecule has 0 amide bonds. The number of nitrogens with two attached hydrogens (primary N) is 1. The minimum absolute atomic E-state index is 0.375.